The van der Waals surface area contributed by atoms with Crippen molar-refractivity contribution in [3.8, 4) is 0 Å². The van der Waals surface area contributed by atoms with Gasteiger partial charge < -0.3 is 10.6 Å². The van der Waals surface area contributed by atoms with E-state index in [1.165, 1.54) is 49.9 Å². The van der Waals surface area contributed by atoms with Crippen LogP contribution in [0.3, 0.4) is 0 Å². The van der Waals surface area contributed by atoms with E-state index in [0.717, 1.165) is 12.5 Å². The van der Waals surface area contributed by atoms with Gasteiger partial charge in [0, 0.05) is 5.54 Å². The van der Waals surface area contributed by atoms with Crippen LogP contribution in [-0.2, 0) is 5.54 Å². The number of benzene rings is 1. The van der Waals surface area contributed by atoms with E-state index in [0.29, 0.717) is 0 Å². The molecule has 3 rings (SSSR count). The summed E-state index contributed by atoms with van der Waals surface area (Å²) >= 11 is 0. The Kier molecular flexibility index (Phi) is 3.40. The summed E-state index contributed by atoms with van der Waals surface area (Å²) in [6.07, 6.45) is 5.13. The average molecular weight is 244 g/mol. The first-order chi connectivity index (χ1) is 8.78. The van der Waals surface area contributed by atoms with Gasteiger partial charge in [-0.3, -0.25) is 0 Å². The van der Waals surface area contributed by atoms with Crippen molar-refractivity contribution in [1.82, 2.24) is 10.6 Å². The van der Waals surface area contributed by atoms with Crippen molar-refractivity contribution in [2.75, 3.05) is 19.6 Å². The maximum absolute atomic E-state index is 3.64. The van der Waals surface area contributed by atoms with Crippen LogP contribution in [0.2, 0.25) is 0 Å². The van der Waals surface area contributed by atoms with Crippen molar-refractivity contribution >= 4 is 0 Å². The zero-order valence-electron chi connectivity index (χ0n) is 11.3. The minimum atomic E-state index is 0.215. The van der Waals surface area contributed by atoms with E-state index in [1.54, 1.807) is 0 Å². The second-order valence-electron chi connectivity index (χ2n) is 6.01. The summed E-state index contributed by atoms with van der Waals surface area (Å²) in [6, 6.07) is 9.40. The van der Waals surface area contributed by atoms with Crippen molar-refractivity contribution in [3.05, 3.63) is 35.4 Å². The molecule has 2 nitrogen and oxygen atoms in total. The van der Waals surface area contributed by atoms with Gasteiger partial charge in [0.2, 0.25) is 0 Å². The van der Waals surface area contributed by atoms with Gasteiger partial charge in [-0.2, -0.15) is 0 Å². The minimum Gasteiger partial charge on any atom is -0.317 e. The van der Waals surface area contributed by atoms with Gasteiger partial charge in [-0.1, -0.05) is 24.3 Å². The first-order valence-corrected chi connectivity index (χ1v) is 7.34. The zero-order valence-corrected chi connectivity index (χ0v) is 11.3. The molecule has 2 N–H and O–H groups in total. The van der Waals surface area contributed by atoms with E-state index >= 15 is 0 Å². The Bertz CT molecular complexity index is 384. The highest BCUT2D eigenvalue weighted by molar-refractivity contribution is 5.31. The summed E-state index contributed by atoms with van der Waals surface area (Å²) < 4.78 is 0. The maximum atomic E-state index is 3.64. The maximum Gasteiger partial charge on any atom is 0.0406 e. The Labute approximate surface area is 110 Å². The molecule has 2 heterocycles. The highest BCUT2D eigenvalue weighted by Crippen LogP contribution is 2.32. The van der Waals surface area contributed by atoms with Crippen molar-refractivity contribution in [2.24, 2.45) is 0 Å². The lowest BCUT2D eigenvalue weighted by molar-refractivity contribution is 0.433. The molecule has 0 amide bonds. The highest BCUT2D eigenvalue weighted by Gasteiger charge is 2.29. The molecule has 2 aliphatic rings. The first-order valence-electron chi connectivity index (χ1n) is 7.34. The normalized spacial score (nSPS) is 29.6. The molecule has 0 radical (unpaired) electrons. The molecule has 1 atom stereocenters. The number of hydrogen-bond donors (Lipinski definition) is 2. The summed E-state index contributed by atoms with van der Waals surface area (Å²) in [6.45, 7) is 5.84. The summed E-state index contributed by atoms with van der Waals surface area (Å²) in [5.74, 6) is 0.768. The van der Waals surface area contributed by atoms with E-state index in [9.17, 15) is 0 Å². The Morgan fingerprint density at radius 1 is 1.06 bits per heavy atom. The van der Waals surface area contributed by atoms with Crippen LogP contribution >= 0.6 is 0 Å². The van der Waals surface area contributed by atoms with E-state index in [4.69, 9.17) is 0 Å². The van der Waals surface area contributed by atoms with Gasteiger partial charge >= 0.3 is 0 Å². The van der Waals surface area contributed by atoms with Gasteiger partial charge in [0.05, 0.1) is 0 Å². The monoisotopic (exact) mass is 244 g/mol. The third-order valence-corrected chi connectivity index (χ3v) is 4.73. The molecule has 18 heavy (non-hydrogen) atoms. The topological polar surface area (TPSA) is 24.1 Å². The average Bonchev–Trinajstić information content (AvgIpc) is 2.88. The first kappa shape index (κ1) is 12.2. The molecule has 1 aromatic carbocycles. The number of rotatable bonds is 2. The predicted octanol–water partition coefficient (Wildman–Crippen LogP) is 2.75. The largest absolute Gasteiger partial charge is 0.317 e. The third-order valence-electron chi connectivity index (χ3n) is 4.73. The quantitative estimate of drug-likeness (QED) is 0.836. The third kappa shape index (κ3) is 2.32. The SMILES string of the molecule is CC1(c2ccc(C3CCNCC3)cc2)CCCN1. The van der Waals surface area contributed by atoms with Gasteiger partial charge in [-0.05, 0) is 69.3 Å². The summed E-state index contributed by atoms with van der Waals surface area (Å²) in [7, 11) is 0. The lowest BCUT2D eigenvalue weighted by Crippen LogP contribution is -2.33. The lowest BCUT2D eigenvalue weighted by atomic mass is 9.86. The van der Waals surface area contributed by atoms with Crippen LogP contribution in [0.1, 0.15) is 49.7 Å². The van der Waals surface area contributed by atoms with Crippen LogP contribution in [0.5, 0.6) is 0 Å². The Morgan fingerprint density at radius 2 is 1.78 bits per heavy atom. The Balaban J connectivity index is 1.76. The molecular weight excluding hydrogens is 220 g/mol. The standard InChI is InChI=1S/C16H24N2/c1-16(9-2-10-18-16)15-5-3-13(4-6-15)14-7-11-17-12-8-14/h3-6,14,17-18H,2,7-12H2,1H3. The fraction of sp³-hybridized carbons (Fsp3) is 0.625. The van der Waals surface area contributed by atoms with Crippen LogP contribution in [-0.4, -0.2) is 19.6 Å². The minimum absolute atomic E-state index is 0.215. The molecule has 0 bridgehead atoms. The second-order valence-corrected chi connectivity index (χ2v) is 6.01. The lowest BCUT2D eigenvalue weighted by Gasteiger charge is -2.27. The second kappa shape index (κ2) is 5.02. The number of nitrogens with one attached hydrogen (secondary N) is 2. The molecule has 1 aromatic rings. The van der Waals surface area contributed by atoms with Crippen LogP contribution in [0, 0.1) is 0 Å². The molecule has 1 unspecified atom stereocenters. The van der Waals surface area contributed by atoms with E-state index in [-0.39, 0.29) is 5.54 Å². The molecule has 2 heteroatoms. The molecule has 98 valence electrons. The van der Waals surface area contributed by atoms with E-state index in [1.807, 2.05) is 0 Å². The van der Waals surface area contributed by atoms with Gasteiger partial charge in [-0.25, -0.2) is 0 Å². The van der Waals surface area contributed by atoms with Gasteiger partial charge in [0.15, 0.2) is 0 Å². The molecule has 0 aromatic heterocycles. The highest BCUT2D eigenvalue weighted by atomic mass is 15.0. The fourth-order valence-corrected chi connectivity index (χ4v) is 3.42. The van der Waals surface area contributed by atoms with Gasteiger partial charge in [0.25, 0.3) is 0 Å². The van der Waals surface area contributed by atoms with E-state index < -0.39 is 0 Å². The van der Waals surface area contributed by atoms with Gasteiger partial charge in [0.1, 0.15) is 0 Å². The summed E-state index contributed by atoms with van der Waals surface area (Å²) in [5.41, 5.74) is 3.20. The molecule has 2 saturated heterocycles. The Hall–Kier alpha value is -0.860. The van der Waals surface area contributed by atoms with Crippen LogP contribution in [0.15, 0.2) is 24.3 Å². The predicted molar refractivity (Wildman–Crippen MR) is 75.9 cm³/mol. The van der Waals surface area contributed by atoms with Crippen molar-refractivity contribution < 1.29 is 0 Å². The summed E-state index contributed by atoms with van der Waals surface area (Å²) in [5, 5.41) is 7.07. The van der Waals surface area contributed by atoms with E-state index in [2.05, 4.69) is 41.8 Å². The molecule has 0 saturated carbocycles. The van der Waals surface area contributed by atoms with Crippen molar-refractivity contribution in [3.63, 3.8) is 0 Å². The molecular formula is C16H24N2. The van der Waals surface area contributed by atoms with Crippen LogP contribution in [0.4, 0.5) is 0 Å². The molecule has 2 fully saturated rings. The smallest absolute Gasteiger partial charge is 0.0406 e. The molecule has 2 aliphatic heterocycles. The van der Waals surface area contributed by atoms with Crippen LogP contribution < -0.4 is 10.6 Å². The zero-order chi connectivity index (χ0) is 12.4. The van der Waals surface area contributed by atoms with Crippen molar-refractivity contribution in [2.45, 2.75) is 44.1 Å². The fourth-order valence-electron chi connectivity index (χ4n) is 3.42. The Morgan fingerprint density at radius 3 is 2.39 bits per heavy atom. The number of piperidine rings is 1. The summed E-state index contributed by atoms with van der Waals surface area (Å²) in [4.78, 5) is 0. The van der Waals surface area contributed by atoms with Gasteiger partial charge in [-0.15, -0.1) is 0 Å². The number of hydrogen-bond acceptors (Lipinski definition) is 2. The van der Waals surface area contributed by atoms with Crippen LogP contribution in [0.25, 0.3) is 0 Å². The van der Waals surface area contributed by atoms with Crippen molar-refractivity contribution in [1.29, 1.82) is 0 Å². The molecule has 0 spiro atoms. The molecule has 0 aliphatic carbocycles.